The molecule has 2 aliphatic rings. The van der Waals surface area contributed by atoms with Gasteiger partial charge < -0.3 is 15.0 Å². The Morgan fingerprint density at radius 2 is 1.76 bits per heavy atom. The number of benzene rings is 2. The third-order valence-corrected chi connectivity index (χ3v) is 6.82. The number of carbonyl (C=O) groups is 3. The Hall–Kier alpha value is -3.72. The zero-order valence-electron chi connectivity index (χ0n) is 21.4. The van der Waals surface area contributed by atoms with Crippen LogP contribution in [0.25, 0.3) is 0 Å². The number of urea groups is 1. The topological polar surface area (TPSA) is 82.2 Å². The summed E-state index contributed by atoms with van der Waals surface area (Å²) in [5.74, 6) is -0.983. The van der Waals surface area contributed by atoms with Crippen LogP contribution in [0.1, 0.15) is 42.7 Å². The molecule has 2 atom stereocenters. The maximum Gasteiger partial charge on any atom is 0.338 e. The summed E-state index contributed by atoms with van der Waals surface area (Å²) in [6, 6.07) is 13.9. The molecule has 2 aliphatic heterocycles. The van der Waals surface area contributed by atoms with Crippen molar-refractivity contribution in [2.24, 2.45) is 0 Å². The van der Waals surface area contributed by atoms with Crippen LogP contribution in [0.2, 0.25) is 0 Å². The molecule has 0 aliphatic carbocycles. The Labute approximate surface area is 216 Å². The third-order valence-electron chi connectivity index (χ3n) is 6.82. The van der Waals surface area contributed by atoms with Crippen LogP contribution in [0, 0.1) is 5.82 Å². The number of piperazine rings is 1. The number of amides is 3. The zero-order chi connectivity index (χ0) is 26.5. The first kappa shape index (κ1) is 26.3. The fraction of sp³-hybridized carbons (Fsp3) is 0.393. The van der Waals surface area contributed by atoms with E-state index >= 15 is 0 Å². The van der Waals surface area contributed by atoms with E-state index in [1.54, 1.807) is 16.7 Å². The Kier molecular flexibility index (Phi) is 8.23. The molecule has 4 rings (SSSR count). The molecule has 0 aromatic heterocycles. The van der Waals surface area contributed by atoms with E-state index in [1.807, 2.05) is 44.2 Å². The van der Waals surface area contributed by atoms with Crippen molar-refractivity contribution in [3.05, 3.63) is 82.8 Å². The number of hydrogen-bond acceptors (Lipinski definition) is 5. The number of carbonyl (C=O) groups excluding carboxylic acids is 3. The Morgan fingerprint density at radius 3 is 2.38 bits per heavy atom. The molecule has 2 aromatic carbocycles. The molecule has 1 saturated heterocycles. The number of rotatable bonds is 7. The molecule has 8 nitrogen and oxygen atoms in total. The van der Waals surface area contributed by atoms with E-state index in [0.29, 0.717) is 49.6 Å². The monoisotopic (exact) mass is 508 g/mol. The van der Waals surface area contributed by atoms with Crippen molar-refractivity contribution in [1.82, 2.24) is 20.0 Å². The first-order chi connectivity index (χ1) is 17.8. The van der Waals surface area contributed by atoms with Crippen LogP contribution in [0.3, 0.4) is 0 Å². The van der Waals surface area contributed by atoms with Gasteiger partial charge in [-0.15, -0.1) is 0 Å². The van der Waals surface area contributed by atoms with Gasteiger partial charge >= 0.3 is 12.0 Å². The van der Waals surface area contributed by atoms with Crippen LogP contribution in [0.5, 0.6) is 0 Å². The molecule has 1 fully saturated rings. The van der Waals surface area contributed by atoms with Gasteiger partial charge in [0.2, 0.25) is 0 Å². The minimum Gasteiger partial charge on any atom is -0.463 e. The average molecular weight is 509 g/mol. The standard InChI is InChI=1S/C28H33FN4O4/c1-4-32-23(24(27(35)37-5-2)25(30-28(32)36)20-9-7-6-8-10-20)18-31-15-16-33(19(3)17-31)26(34)21-11-13-22(29)14-12-21/h6-14,19,25H,4-5,15-18H2,1-3H3,(H,30,36)/t19-,25+/m0/s1. The van der Waals surface area contributed by atoms with Crippen LogP contribution in [0.4, 0.5) is 9.18 Å². The molecule has 0 spiro atoms. The second-order valence-corrected chi connectivity index (χ2v) is 9.21. The van der Waals surface area contributed by atoms with Crippen LogP contribution in [-0.2, 0) is 9.53 Å². The number of halogens is 1. The van der Waals surface area contributed by atoms with Crippen LogP contribution < -0.4 is 5.32 Å². The summed E-state index contributed by atoms with van der Waals surface area (Å²) in [6.45, 7) is 8.16. The molecule has 0 radical (unpaired) electrons. The lowest BCUT2D eigenvalue weighted by Gasteiger charge is -2.43. The summed E-state index contributed by atoms with van der Waals surface area (Å²) >= 11 is 0. The fourth-order valence-electron chi connectivity index (χ4n) is 5.00. The van der Waals surface area contributed by atoms with Crippen molar-refractivity contribution in [1.29, 1.82) is 0 Å². The maximum absolute atomic E-state index is 13.3. The number of nitrogens with one attached hydrogen (secondary N) is 1. The summed E-state index contributed by atoms with van der Waals surface area (Å²) in [5, 5.41) is 2.97. The molecule has 37 heavy (non-hydrogen) atoms. The molecular formula is C28H33FN4O4. The van der Waals surface area contributed by atoms with Crippen molar-refractivity contribution < 1.29 is 23.5 Å². The number of nitrogens with zero attached hydrogens (tertiary/aromatic N) is 3. The van der Waals surface area contributed by atoms with Crippen molar-refractivity contribution in [2.45, 2.75) is 32.9 Å². The summed E-state index contributed by atoms with van der Waals surface area (Å²) < 4.78 is 18.7. The number of ether oxygens (including phenoxy) is 1. The molecule has 0 unspecified atom stereocenters. The molecule has 3 amide bonds. The van der Waals surface area contributed by atoms with Crippen molar-refractivity contribution >= 4 is 17.9 Å². The fourth-order valence-corrected chi connectivity index (χ4v) is 5.00. The van der Waals surface area contributed by atoms with Gasteiger partial charge in [-0.05, 0) is 50.6 Å². The molecular weight excluding hydrogens is 475 g/mol. The lowest BCUT2D eigenvalue weighted by molar-refractivity contribution is -0.139. The quantitative estimate of drug-likeness (QED) is 0.579. The molecule has 2 heterocycles. The van der Waals surface area contributed by atoms with Crippen molar-refractivity contribution in [2.75, 3.05) is 39.3 Å². The van der Waals surface area contributed by atoms with E-state index < -0.39 is 12.0 Å². The van der Waals surface area contributed by atoms with Crippen molar-refractivity contribution in [3.63, 3.8) is 0 Å². The minimum atomic E-state index is -0.621. The Bertz CT molecular complexity index is 1170. The molecule has 2 aromatic rings. The van der Waals surface area contributed by atoms with Crippen LogP contribution in [-0.4, -0.2) is 78.0 Å². The summed E-state index contributed by atoms with van der Waals surface area (Å²) in [4.78, 5) is 44.9. The second-order valence-electron chi connectivity index (χ2n) is 9.21. The number of likely N-dealkylation sites (N-methyl/N-ethyl adjacent to an activating group) is 1. The van der Waals surface area contributed by atoms with Gasteiger partial charge in [-0.25, -0.2) is 14.0 Å². The first-order valence-corrected chi connectivity index (χ1v) is 12.7. The van der Waals surface area contributed by atoms with Gasteiger partial charge in [0.1, 0.15) is 5.82 Å². The zero-order valence-corrected chi connectivity index (χ0v) is 21.4. The van der Waals surface area contributed by atoms with E-state index in [2.05, 4.69) is 10.2 Å². The normalized spacial score (nSPS) is 20.6. The second kappa shape index (κ2) is 11.6. The highest BCUT2D eigenvalue weighted by Crippen LogP contribution is 2.32. The molecule has 0 saturated carbocycles. The van der Waals surface area contributed by atoms with E-state index in [4.69, 9.17) is 4.74 Å². The molecule has 196 valence electrons. The lowest BCUT2D eigenvalue weighted by atomic mass is 9.94. The van der Waals surface area contributed by atoms with Gasteiger partial charge in [-0.2, -0.15) is 0 Å². The van der Waals surface area contributed by atoms with Gasteiger partial charge in [-0.3, -0.25) is 14.6 Å². The highest BCUT2D eigenvalue weighted by atomic mass is 19.1. The summed E-state index contributed by atoms with van der Waals surface area (Å²) in [6.07, 6.45) is 0. The van der Waals surface area contributed by atoms with E-state index in [1.165, 1.54) is 24.3 Å². The van der Waals surface area contributed by atoms with Gasteiger partial charge in [0.25, 0.3) is 5.91 Å². The third kappa shape index (κ3) is 5.67. The Morgan fingerprint density at radius 1 is 1.05 bits per heavy atom. The predicted octanol–water partition coefficient (Wildman–Crippen LogP) is 3.58. The summed E-state index contributed by atoms with van der Waals surface area (Å²) in [5.41, 5.74) is 2.28. The largest absolute Gasteiger partial charge is 0.463 e. The highest BCUT2D eigenvalue weighted by Gasteiger charge is 2.39. The van der Waals surface area contributed by atoms with E-state index in [-0.39, 0.29) is 30.4 Å². The maximum atomic E-state index is 13.3. The van der Waals surface area contributed by atoms with Crippen molar-refractivity contribution in [3.8, 4) is 0 Å². The molecule has 9 heteroatoms. The number of esters is 1. The molecule has 1 N–H and O–H groups in total. The van der Waals surface area contributed by atoms with Crippen LogP contribution in [0.15, 0.2) is 65.9 Å². The highest BCUT2D eigenvalue weighted by molar-refractivity contribution is 5.95. The van der Waals surface area contributed by atoms with Crippen LogP contribution >= 0.6 is 0 Å². The first-order valence-electron chi connectivity index (χ1n) is 12.7. The number of hydrogen-bond donors (Lipinski definition) is 1. The smallest absolute Gasteiger partial charge is 0.338 e. The van der Waals surface area contributed by atoms with E-state index in [0.717, 1.165) is 5.56 Å². The predicted molar refractivity (Wildman–Crippen MR) is 137 cm³/mol. The SMILES string of the molecule is CCOC(=O)C1=C(CN2CCN(C(=O)c3ccc(F)cc3)[C@@H](C)C2)N(CC)C(=O)N[C@@H]1c1ccccc1. The lowest BCUT2D eigenvalue weighted by Crippen LogP contribution is -2.56. The van der Waals surface area contributed by atoms with Gasteiger partial charge in [-0.1, -0.05) is 30.3 Å². The average Bonchev–Trinajstić information content (AvgIpc) is 2.89. The van der Waals surface area contributed by atoms with Gasteiger partial charge in [0.15, 0.2) is 0 Å². The Balaban J connectivity index is 1.61. The minimum absolute atomic E-state index is 0.115. The molecule has 0 bridgehead atoms. The van der Waals surface area contributed by atoms with E-state index in [9.17, 15) is 18.8 Å². The van der Waals surface area contributed by atoms with Gasteiger partial charge in [0.05, 0.1) is 18.2 Å². The summed E-state index contributed by atoms with van der Waals surface area (Å²) in [7, 11) is 0. The van der Waals surface area contributed by atoms with Gasteiger partial charge in [0, 0.05) is 50.0 Å².